The minimum atomic E-state index is 0.398. The predicted octanol–water partition coefficient (Wildman–Crippen LogP) is 4.66. The van der Waals surface area contributed by atoms with E-state index >= 15 is 0 Å². The lowest BCUT2D eigenvalue weighted by molar-refractivity contribution is 1.02. The smallest absolute Gasteiger partial charge is 0.0812 e. The first-order chi connectivity index (χ1) is 8.83. The van der Waals surface area contributed by atoms with Gasteiger partial charge in [-0.2, -0.15) is 0 Å². The Balaban J connectivity index is 1.97. The van der Waals surface area contributed by atoms with Crippen LogP contribution in [0, 0.1) is 0 Å². The molecule has 0 spiro atoms. The zero-order valence-corrected chi connectivity index (χ0v) is 11.4. The molecule has 90 valence electrons. The highest BCUT2D eigenvalue weighted by molar-refractivity contribution is 7.99. The van der Waals surface area contributed by atoms with Gasteiger partial charge in [0.15, 0.2) is 0 Å². The summed E-state index contributed by atoms with van der Waals surface area (Å²) in [6, 6.07) is 18.9. The number of hydrogen-bond acceptors (Lipinski definition) is 2. The van der Waals surface area contributed by atoms with Crippen molar-refractivity contribution in [2.24, 2.45) is 0 Å². The molecule has 0 saturated heterocycles. The molecule has 1 atom stereocenters. The van der Waals surface area contributed by atoms with Crippen molar-refractivity contribution in [3.8, 4) is 0 Å². The highest BCUT2D eigenvalue weighted by atomic mass is 32.2. The molecule has 1 nitrogen and oxygen atoms in total. The van der Waals surface area contributed by atoms with Crippen molar-refractivity contribution in [3.05, 3.63) is 60.2 Å². The van der Waals surface area contributed by atoms with Crippen molar-refractivity contribution in [1.29, 1.82) is 0 Å². The van der Waals surface area contributed by atoms with E-state index in [-0.39, 0.29) is 0 Å². The van der Waals surface area contributed by atoms with Crippen LogP contribution in [-0.2, 0) is 0 Å². The van der Waals surface area contributed by atoms with Crippen LogP contribution in [0.5, 0.6) is 0 Å². The molecule has 0 fully saturated rings. The first kappa shape index (κ1) is 11.8. The average Bonchev–Trinajstić information content (AvgIpc) is 2.57. The second-order valence-corrected chi connectivity index (χ2v) is 6.00. The Labute approximate surface area is 117 Å². The highest BCUT2D eigenvalue weighted by Crippen LogP contribution is 2.43. The Kier molecular flexibility index (Phi) is 3.35. The number of para-hydroxylation sites is 1. The number of thiocarbonyl (C=S) groups is 1. The summed E-state index contributed by atoms with van der Waals surface area (Å²) in [6.45, 7) is 0. The van der Waals surface area contributed by atoms with Crippen LogP contribution in [0.25, 0.3) is 0 Å². The molecular formula is C15H13NS2. The van der Waals surface area contributed by atoms with Crippen molar-refractivity contribution >= 4 is 34.7 Å². The zero-order chi connectivity index (χ0) is 12.4. The van der Waals surface area contributed by atoms with E-state index in [2.05, 4.69) is 53.8 Å². The van der Waals surface area contributed by atoms with Gasteiger partial charge in [0.1, 0.15) is 0 Å². The van der Waals surface area contributed by atoms with Gasteiger partial charge in [-0.25, -0.2) is 0 Å². The summed E-state index contributed by atoms with van der Waals surface area (Å²) in [5, 5.41) is 3.73. The number of benzene rings is 2. The van der Waals surface area contributed by atoms with Crippen LogP contribution in [0.4, 0.5) is 5.69 Å². The van der Waals surface area contributed by atoms with Gasteiger partial charge in [0.05, 0.1) is 10.7 Å². The maximum absolute atomic E-state index is 5.42. The molecule has 3 rings (SSSR count). The van der Waals surface area contributed by atoms with Crippen LogP contribution < -0.4 is 5.32 Å². The third-order valence-corrected chi connectivity index (χ3v) is 4.57. The van der Waals surface area contributed by atoms with Gasteiger partial charge in [0.2, 0.25) is 0 Å². The van der Waals surface area contributed by atoms with E-state index in [4.69, 9.17) is 12.2 Å². The van der Waals surface area contributed by atoms with Gasteiger partial charge < -0.3 is 5.32 Å². The first-order valence-corrected chi connectivity index (χ1v) is 7.22. The summed E-state index contributed by atoms with van der Waals surface area (Å²) in [4.78, 5) is 2.19. The quantitative estimate of drug-likeness (QED) is 0.757. The number of nitrogens with one attached hydrogen (secondary N) is 1. The maximum atomic E-state index is 5.42. The number of fused-ring (bicyclic) bond motifs is 1. The number of anilines is 1. The monoisotopic (exact) mass is 271 g/mol. The molecule has 2 aromatic rings. The summed E-state index contributed by atoms with van der Waals surface area (Å²) < 4.78 is 0. The van der Waals surface area contributed by atoms with E-state index in [0.717, 1.165) is 17.1 Å². The average molecular weight is 271 g/mol. The third kappa shape index (κ3) is 2.42. The molecule has 0 aliphatic carbocycles. The maximum Gasteiger partial charge on any atom is 0.0812 e. The van der Waals surface area contributed by atoms with Gasteiger partial charge in [-0.3, -0.25) is 0 Å². The van der Waals surface area contributed by atoms with Crippen molar-refractivity contribution in [2.45, 2.75) is 16.6 Å². The lowest BCUT2D eigenvalue weighted by Gasteiger charge is -2.13. The Morgan fingerprint density at radius 1 is 1.00 bits per heavy atom. The highest BCUT2D eigenvalue weighted by Gasteiger charge is 2.20. The van der Waals surface area contributed by atoms with Crippen LogP contribution >= 0.6 is 24.0 Å². The predicted molar refractivity (Wildman–Crippen MR) is 82.3 cm³/mol. The molecule has 0 radical (unpaired) electrons. The minimum Gasteiger partial charge on any atom is -0.349 e. The van der Waals surface area contributed by atoms with Crippen LogP contribution in [0.1, 0.15) is 17.2 Å². The van der Waals surface area contributed by atoms with Crippen LogP contribution in [0.3, 0.4) is 0 Å². The van der Waals surface area contributed by atoms with Gasteiger partial charge in [-0.15, -0.1) is 11.8 Å². The Hall–Kier alpha value is -1.32. The third-order valence-electron chi connectivity index (χ3n) is 2.97. The Bertz CT molecular complexity index is 566. The van der Waals surface area contributed by atoms with Gasteiger partial charge >= 0.3 is 0 Å². The standard InChI is InChI=1S/C15H13NS2/c17-15-10-14(11-6-2-1-3-7-11)18-13-9-5-4-8-12(13)16-15/h1-9,14H,10H2,(H,16,17). The second-order valence-electron chi connectivity index (χ2n) is 4.27. The van der Waals surface area contributed by atoms with Crippen LogP contribution in [-0.4, -0.2) is 4.99 Å². The normalized spacial score (nSPS) is 18.7. The molecule has 2 aromatic carbocycles. The topological polar surface area (TPSA) is 12.0 Å². The first-order valence-electron chi connectivity index (χ1n) is 5.93. The second kappa shape index (κ2) is 5.12. The minimum absolute atomic E-state index is 0.398. The molecule has 0 aromatic heterocycles. The molecule has 1 unspecified atom stereocenters. The fourth-order valence-electron chi connectivity index (χ4n) is 2.09. The molecule has 0 amide bonds. The van der Waals surface area contributed by atoms with Gasteiger partial charge in [-0.05, 0) is 17.7 Å². The summed E-state index contributed by atoms with van der Waals surface area (Å²) in [7, 11) is 0. The lowest BCUT2D eigenvalue weighted by atomic mass is 10.1. The fourth-order valence-corrected chi connectivity index (χ4v) is 3.73. The number of rotatable bonds is 1. The largest absolute Gasteiger partial charge is 0.349 e. The van der Waals surface area contributed by atoms with Gasteiger partial charge in [0, 0.05) is 16.6 Å². The van der Waals surface area contributed by atoms with Crippen molar-refractivity contribution in [2.75, 3.05) is 5.32 Å². The van der Waals surface area contributed by atoms with E-state index in [1.807, 2.05) is 17.8 Å². The van der Waals surface area contributed by atoms with E-state index in [1.54, 1.807) is 0 Å². The van der Waals surface area contributed by atoms with E-state index in [0.29, 0.717) is 5.25 Å². The van der Waals surface area contributed by atoms with Crippen molar-refractivity contribution in [3.63, 3.8) is 0 Å². The van der Waals surface area contributed by atoms with E-state index < -0.39 is 0 Å². The Morgan fingerprint density at radius 3 is 2.56 bits per heavy atom. The van der Waals surface area contributed by atoms with Crippen LogP contribution in [0.15, 0.2) is 59.5 Å². The summed E-state index contributed by atoms with van der Waals surface area (Å²) in [5.74, 6) is 0. The number of hydrogen-bond donors (Lipinski definition) is 1. The molecule has 0 bridgehead atoms. The fraction of sp³-hybridized carbons (Fsp3) is 0.133. The van der Waals surface area contributed by atoms with Gasteiger partial charge in [-0.1, -0.05) is 54.7 Å². The molecule has 1 aliphatic rings. The van der Waals surface area contributed by atoms with E-state index in [1.165, 1.54) is 10.5 Å². The van der Waals surface area contributed by atoms with Crippen molar-refractivity contribution < 1.29 is 0 Å². The molecule has 1 N–H and O–H groups in total. The van der Waals surface area contributed by atoms with E-state index in [9.17, 15) is 0 Å². The Morgan fingerprint density at radius 2 is 1.72 bits per heavy atom. The molecule has 1 aliphatic heterocycles. The molecule has 18 heavy (non-hydrogen) atoms. The van der Waals surface area contributed by atoms with Gasteiger partial charge in [0.25, 0.3) is 0 Å². The lowest BCUT2D eigenvalue weighted by Crippen LogP contribution is -2.09. The summed E-state index contributed by atoms with van der Waals surface area (Å²) in [6.07, 6.45) is 0.888. The number of thioether (sulfide) groups is 1. The van der Waals surface area contributed by atoms with Crippen LogP contribution in [0.2, 0.25) is 0 Å². The van der Waals surface area contributed by atoms with Crippen molar-refractivity contribution in [1.82, 2.24) is 0 Å². The summed E-state index contributed by atoms with van der Waals surface area (Å²) in [5.41, 5.74) is 2.47. The summed E-state index contributed by atoms with van der Waals surface area (Å²) >= 11 is 7.31. The SMILES string of the molecule is S=C1CC(c2ccccc2)Sc2ccccc2N1. The molecular weight excluding hydrogens is 258 g/mol. The molecule has 1 heterocycles. The molecule has 3 heteroatoms. The zero-order valence-electron chi connectivity index (χ0n) is 9.80. The molecule has 0 saturated carbocycles.